The third-order valence-electron chi connectivity index (χ3n) is 7.14. The summed E-state index contributed by atoms with van der Waals surface area (Å²) in [5.74, 6) is 0. The molecular formula is C26H37NOSi. The van der Waals surface area contributed by atoms with Crippen LogP contribution in [0.4, 0.5) is 0 Å². The van der Waals surface area contributed by atoms with Crippen LogP contribution in [0.15, 0.2) is 60.7 Å². The quantitative estimate of drug-likeness (QED) is 0.659. The number of rotatable bonds is 5. The first-order valence-electron chi connectivity index (χ1n) is 11.2. The molecule has 0 bridgehead atoms. The van der Waals surface area contributed by atoms with Gasteiger partial charge in [0.05, 0.1) is 6.61 Å². The highest BCUT2D eigenvalue weighted by Crippen LogP contribution is 2.48. The summed E-state index contributed by atoms with van der Waals surface area (Å²) in [6.45, 7) is 15.3. The second kappa shape index (κ2) is 7.37. The summed E-state index contributed by atoms with van der Waals surface area (Å²) in [5, 5.41) is 2.82. The van der Waals surface area contributed by atoms with Crippen LogP contribution in [0.25, 0.3) is 0 Å². The zero-order valence-electron chi connectivity index (χ0n) is 18.9. The fourth-order valence-electron chi connectivity index (χ4n) is 6.12. The molecule has 156 valence electrons. The maximum Gasteiger partial charge on any atom is 0.261 e. The van der Waals surface area contributed by atoms with Crippen LogP contribution in [0, 0.1) is 5.41 Å². The van der Waals surface area contributed by atoms with Crippen molar-refractivity contribution in [2.75, 3.05) is 19.7 Å². The van der Waals surface area contributed by atoms with Crippen LogP contribution in [-0.4, -0.2) is 38.5 Å². The van der Waals surface area contributed by atoms with Gasteiger partial charge >= 0.3 is 0 Å². The molecule has 4 rings (SSSR count). The van der Waals surface area contributed by atoms with E-state index in [1.54, 1.807) is 0 Å². The maximum absolute atomic E-state index is 7.35. The standard InChI is InChI=1S/C26H37NOSi/c1-24(2,3)29(22-13-8-6-9-14-22,23-15-10-7-11-16-23)28-21-26-17-12-18-27(26)20-25(4,5)19-26/h6-11,13-16H,12,17-21H2,1-5H3. The van der Waals surface area contributed by atoms with Crippen molar-refractivity contribution in [1.29, 1.82) is 0 Å². The lowest BCUT2D eigenvalue weighted by atomic mass is 9.83. The number of benzene rings is 2. The van der Waals surface area contributed by atoms with Crippen molar-refractivity contribution in [2.45, 2.75) is 64.5 Å². The SMILES string of the molecule is CC1(C)CN2CCCC2(CO[Si](c2ccccc2)(c2ccccc2)C(C)(C)C)C1. The number of hydrogen-bond donors (Lipinski definition) is 0. The van der Waals surface area contributed by atoms with E-state index in [1.807, 2.05) is 0 Å². The number of nitrogens with zero attached hydrogens (tertiary/aromatic N) is 1. The van der Waals surface area contributed by atoms with Crippen LogP contribution in [0.1, 0.15) is 53.9 Å². The van der Waals surface area contributed by atoms with Gasteiger partial charge in [0, 0.05) is 12.1 Å². The molecule has 2 nitrogen and oxygen atoms in total. The molecule has 1 atom stereocenters. The summed E-state index contributed by atoms with van der Waals surface area (Å²) in [7, 11) is -2.45. The Kier molecular flexibility index (Phi) is 5.29. The number of fused-ring (bicyclic) bond motifs is 1. The molecule has 0 saturated carbocycles. The second-order valence-corrected chi connectivity index (χ2v) is 15.3. The van der Waals surface area contributed by atoms with Gasteiger partial charge in [0.1, 0.15) is 0 Å². The Morgan fingerprint density at radius 3 is 2.00 bits per heavy atom. The molecule has 2 fully saturated rings. The minimum Gasteiger partial charge on any atom is -0.406 e. The molecule has 3 heteroatoms. The molecule has 2 heterocycles. The zero-order valence-corrected chi connectivity index (χ0v) is 19.9. The van der Waals surface area contributed by atoms with Crippen molar-refractivity contribution in [3.63, 3.8) is 0 Å². The van der Waals surface area contributed by atoms with Crippen LogP contribution >= 0.6 is 0 Å². The Labute approximate surface area is 178 Å². The molecule has 2 aliphatic rings. The molecule has 2 saturated heterocycles. The van der Waals surface area contributed by atoms with Gasteiger partial charge in [-0.25, -0.2) is 0 Å². The van der Waals surface area contributed by atoms with E-state index < -0.39 is 8.32 Å². The van der Waals surface area contributed by atoms with Gasteiger partial charge in [-0.05, 0) is 46.6 Å². The summed E-state index contributed by atoms with van der Waals surface area (Å²) in [5.41, 5.74) is 0.603. The summed E-state index contributed by atoms with van der Waals surface area (Å²) in [6, 6.07) is 22.1. The fraction of sp³-hybridized carbons (Fsp3) is 0.538. The van der Waals surface area contributed by atoms with Crippen molar-refractivity contribution in [3.8, 4) is 0 Å². The van der Waals surface area contributed by atoms with E-state index in [0.717, 1.165) is 6.61 Å². The van der Waals surface area contributed by atoms with Gasteiger partial charge < -0.3 is 4.43 Å². The van der Waals surface area contributed by atoms with E-state index in [4.69, 9.17) is 4.43 Å². The first-order valence-corrected chi connectivity index (χ1v) is 13.1. The Hall–Kier alpha value is -1.42. The van der Waals surface area contributed by atoms with Gasteiger partial charge in [-0.3, -0.25) is 4.90 Å². The lowest BCUT2D eigenvalue weighted by molar-refractivity contribution is 0.107. The highest BCUT2D eigenvalue weighted by Gasteiger charge is 2.55. The van der Waals surface area contributed by atoms with E-state index >= 15 is 0 Å². The van der Waals surface area contributed by atoms with Crippen molar-refractivity contribution in [3.05, 3.63) is 60.7 Å². The lowest BCUT2D eigenvalue weighted by Crippen LogP contribution is -2.68. The van der Waals surface area contributed by atoms with Gasteiger partial charge in [-0.15, -0.1) is 0 Å². The molecule has 2 aromatic rings. The Bertz CT molecular complexity index is 787. The molecule has 0 aliphatic carbocycles. The molecule has 0 aromatic heterocycles. The summed E-state index contributed by atoms with van der Waals surface area (Å²) >= 11 is 0. The van der Waals surface area contributed by atoms with Gasteiger partial charge in [-0.2, -0.15) is 0 Å². The van der Waals surface area contributed by atoms with E-state index in [1.165, 1.54) is 42.7 Å². The topological polar surface area (TPSA) is 12.5 Å². The molecular weight excluding hydrogens is 370 g/mol. The normalized spacial score (nSPS) is 24.6. The predicted octanol–water partition coefficient (Wildman–Crippen LogP) is 4.83. The van der Waals surface area contributed by atoms with Crippen LogP contribution in [-0.2, 0) is 4.43 Å². The monoisotopic (exact) mass is 407 g/mol. The molecule has 2 aliphatic heterocycles. The smallest absolute Gasteiger partial charge is 0.261 e. The van der Waals surface area contributed by atoms with Gasteiger partial charge in [0.25, 0.3) is 8.32 Å². The molecule has 1 unspecified atom stereocenters. The lowest BCUT2D eigenvalue weighted by Gasteiger charge is -2.45. The van der Waals surface area contributed by atoms with Crippen molar-refractivity contribution >= 4 is 18.7 Å². The van der Waals surface area contributed by atoms with Crippen molar-refractivity contribution in [1.82, 2.24) is 4.90 Å². The highest BCUT2D eigenvalue weighted by molar-refractivity contribution is 6.99. The molecule has 0 spiro atoms. The fourth-order valence-corrected chi connectivity index (χ4v) is 10.8. The van der Waals surface area contributed by atoms with Gasteiger partial charge in [0.15, 0.2) is 0 Å². The Balaban J connectivity index is 1.77. The molecule has 0 radical (unpaired) electrons. The van der Waals surface area contributed by atoms with Gasteiger partial charge in [-0.1, -0.05) is 95.3 Å². The molecule has 2 aromatic carbocycles. The predicted molar refractivity (Wildman–Crippen MR) is 126 cm³/mol. The van der Waals surface area contributed by atoms with Crippen LogP contribution < -0.4 is 10.4 Å². The summed E-state index contributed by atoms with van der Waals surface area (Å²) < 4.78 is 7.35. The third-order valence-corrected chi connectivity index (χ3v) is 12.1. The first-order chi connectivity index (χ1) is 13.7. The largest absolute Gasteiger partial charge is 0.406 e. The maximum atomic E-state index is 7.35. The molecule has 29 heavy (non-hydrogen) atoms. The van der Waals surface area contributed by atoms with Crippen molar-refractivity contribution < 1.29 is 4.43 Å². The minimum atomic E-state index is -2.45. The first kappa shape index (κ1) is 20.8. The van der Waals surface area contributed by atoms with Crippen molar-refractivity contribution in [2.24, 2.45) is 5.41 Å². The highest BCUT2D eigenvalue weighted by atomic mass is 28.4. The Morgan fingerprint density at radius 1 is 0.931 bits per heavy atom. The van der Waals surface area contributed by atoms with Gasteiger partial charge in [0.2, 0.25) is 0 Å². The van der Waals surface area contributed by atoms with E-state index in [9.17, 15) is 0 Å². The van der Waals surface area contributed by atoms with Crippen LogP contribution in [0.3, 0.4) is 0 Å². The van der Waals surface area contributed by atoms with E-state index in [-0.39, 0.29) is 10.6 Å². The summed E-state index contributed by atoms with van der Waals surface area (Å²) in [6.07, 6.45) is 3.83. The molecule has 0 N–H and O–H groups in total. The van der Waals surface area contributed by atoms with E-state index in [2.05, 4.69) is 100 Å². The summed E-state index contributed by atoms with van der Waals surface area (Å²) in [4.78, 5) is 2.74. The van der Waals surface area contributed by atoms with Crippen LogP contribution in [0.2, 0.25) is 5.04 Å². The average Bonchev–Trinajstić information content (AvgIpc) is 3.15. The number of hydrogen-bond acceptors (Lipinski definition) is 2. The average molecular weight is 408 g/mol. The third kappa shape index (κ3) is 3.62. The molecule has 0 amide bonds. The zero-order chi connectivity index (χ0) is 20.8. The van der Waals surface area contributed by atoms with E-state index in [0.29, 0.717) is 5.41 Å². The Morgan fingerprint density at radius 2 is 1.48 bits per heavy atom. The second-order valence-electron chi connectivity index (χ2n) is 11.0. The minimum absolute atomic E-state index is 0.0455. The van der Waals surface area contributed by atoms with Crippen LogP contribution in [0.5, 0.6) is 0 Å².